The first kappa shape index (κ1) is 14.9. The Labute approximate surface area is 120 Å². The van der Waals surface area contributed by atoms with Gasteiger partial charge in [-0.1, -0.05) is 34.9 Å². The van der Waals surface area contributed by atoms with E-state index >= 15 is 0 Å². The quantitative estimate of drug-likeness (QED) is 0.767. The molecule has 0 aliphatic carbocycles. The van der Waals surface area contributed by atoms with E-state index in [1.807, 2.05) is 48.5 Å². The van der Waals surface area contributed by atoms with E-state index in [2.05, 4.69) is 0 Å². The molecule has 0 heterocycles. The molecular formula is C16H18O3P+. The van der Waals surface area contributed by atoms with Crippen molar-refractivity contribution in [2.45, 2.75) is 13.2 Å². The van der Waals surface area contributed by atoms with Gasteiger partial charge in [0, 0.05) is 19.8 Å². The van der Waals surface area contributed by atoms with E-state index < -0.39 is 7.80 Å². The highest BCUT2D eigenvalue weighted by Gasteiger charge is 2.28. The molecule has 3 nitrogen and oxygen atoms in total. The molecule has 0 spiro atoms. The van der Waals surface area contributed by atoms with Crippen LogP contribution in [-0.2, 0) is 27.3 Å². The van der Waals surface area contributed by atoms with E-state index in [1.165, 1.54) is 0 Å². The molecule has 2 aromatic rings. The first-order valence-corrected chi connectivity index (χ1v) is 7.65. The summed E-state index contributed by atoms with van der Waals surface area (Å²) in [6.45, 7) is 0.924. The Hall–Kier alpha value is -1.54. The summed E-state index contributed by atoms with van der Waals surface area (Å²) in [4.78, 5) is 0. The molecule has 0 amide bonds. The highest BCUT2D eigenvalue weighted by molar-refractivity contribution is 7.61. The van der Waals surface area contributed by atoms with E-state index in [-0.39, 0.29) is 0 Å². The van der Waals surface area contributed by atoms with Crippen LogP contribution in [0.25, 0.3) is 0 Å². The highest BCUT2D eigenvalue weighted by atomic mass is 31.1. The smallest absolute Gasteiger partial charge is 0.380 e. The number of ether oxygens (including phenoxy) is 2. The monoisotopic (exact) mass is 289 g/mol. The van der Waals surface area contributed by atoms with Gasteiger partial charge >= 0.3 is 7.80 Å². The Morgan fingerprint density at radius 2 is 1.60 bits per heavy atom. The lowest BCUT2D eigenvalue weighted by molar-refractivity contribution is 0.169. The van der Waals surface area contributed by atoms with Crippen molar-refractivity contribution in [3.8, 4) is 0 Å². The SMILES string of the molecule is COCc1cccc([P+](=O)c2ccccc2)c1COC. The highest BCUT2D eigenvalue weighted by Crippen LogP contribution is 2.24. The van der Waals surface area contributed by atoms with Crippen molar-refractivity contribution in [3.63, 3.8) is 0 Å². The average molecular weight is 289 g/mol. The van der Waals surface area contributed by atoms with Gasteiger partial charge in [-0.25, -0.2) is 0 Å². The minimum atomic E-state index is -1.62. The molecule has 0 aliphatic rings. The lowest BCUT2D eigenvalue weighted by Gasteiger charge is -2.08. The van der Waals surface area contributed by atoms with Crippen LogP contribution in [-0.4, -0.2) is 14.2 Å². The van der Waals surface area contributed by atoms with Crippen molar-refractivity contribution < 1.29 is 14.0 Å². The zero-order valence-corrected chi connectivity index (χ0v) is 12.6. The molecular weight excluding hydrogens is 271 g/mol. The van der Waals surface area contributed by atoms with Crippen LogP contribution in [0.2, 0.25) is 0 Å². The van der Waals surface area contributed by atoms with E-state index in [9.17, 15) is 4.57 Å². The summed E-state index contributed by atoms with van der Waals surface area (Å²) in [5.41, 5.74) is 1.98. The second kappa shape index (κ2) is 7.30. The molecule has 0 saturated carbocycles. The van der Waals surface area contributed by atoms with Gasteiger partial charge in [-0.3, -0.25) is 0 Å². The lowest BCUT2D eigenvalue weighted by atomic mass is 10.1. The number of rotatable bonds is 6. The summed E-state index contributed by atoms with van der Waals surface area (Å²) in [5, 5.41) is 1.65. The minimum Gasteiger partial charge on any atom is -0.380 e. The standard InChI is InChI=1S/C16H18O3P/c1-18-11-13-7-6-10-16(15(13)12-19-2)20(17)14-8-4-3-5-9-14/h3-10H,11-12H2,1-2H3/q+1. The maximum absolute atomic E-state index is 12.8. The normalized spacial score (nSPS) is 11.4. The molecule has 104 valence electrons. The van der Waals surface area contributed by atoms with Crippen molar-refractivity contribution in [1.29, 1.82) is 0 Å². The lowest BCUT2D eigenvalue weighted by Crippen LogP contribution is -2.15. The molecule has 4 heteroatoms. The first-order valence-electron chi connectivity index (χ1n) is 6.39. The molecule has 1 unspecified atom stereocenters. The van der Waals surface area contributed by atoms with Gasteiger partial charge in [0.1, 0.15) is 0 Å². The third-order valence-corrected chi connectivity index (χ3v) is 4.67. The van der Waals surface area contributed by atoms with Crippen LogP contribution in [0.4, 0.5) is 0 Å². The van der Waals surface area contributed by atoms with E-state index in [1.54, 1.807) is 14.2 Å². The van der Waals surface area contributed by atoms with Crippen LogP contribution >= 0.6 is 7.80 Å². The number of benzene rings is 2. The fourth-order valence-electron chi connectivity index (χ4n) is 2.12. The van der Waals surface area contributed by atoms with Crippen molar-refractivity contribution in [2.24, 2.45) is 0 Å². The zero-order valence-electron chi connectivity index (χ0n) is 11.7. The summed E-state index contributed by atoms with van der Waals surface area (Å²) in [6.07, 6.45) is 0. The molecule has 0 saturated heterocycles. The molecule has 0 bridgehead atoms. The molecule has 1 atom stereocenters. The van der Waals surface area contributed by atoms with E-state index in [0.717, 1.165) is 21.7 Å². The maximum atomic E-state index is 12.8. The van der Waals surface area contributed by atoms with Crippen molar-refractivity contribution in [1.82, 2.24) is 0 Å². The molecule has 0 radical (unpaired) electrons. The van der Waals surface area contributed by atoms with Crippen LogP contribution in [0.15, 0.2) is 48.5 Å². The Morgan fingerprint density at radius 3 is 2.25 bits per heavy atom. The van der Waals surface area contributed by atoms with Crippen molar-refractivity contribution in [3.05, 3.63) is 59.7 Å². The Kier molecular flexibility index (Phi) is 5.42. The van der Waals surface area contributed by atoms with Crippen LogP contribution in [0.5, 0.6) is 0 Å². The summed E-state index contributed by atoms with van der Waals surface area (Å²) >= 11 is 0. The molecule has 0 aliphatic heterocycles. The average Bonchev–Trinajstić information content (AvgIpc) is 2.49. The fraction of sp³-hybridized carbons (Fsp3) is 0.250. The largest absolute Gasteiger partial charge is 0.415 e. The molecule has 2 rings (SSSR count). The third kappa shape index (κ3) is 3.31. The van der Waals surface area contributed by atoms with Gasteiger partial charge in [-0.05, 0) is 23.8 Å². The van der Waals surface area contributed by atoms with Crippen LogP contribution in [0, 0.1) is 0 Å². The predicted molar refractivity (Wildman–Crippen MR) is 81.2 cm³/mol. The molecule has 0 N–H and O–H groups in total. The van der Waals surface area contributed by atoms with Gasteiger partial charge in [0.15, 0.2) is 5.30 Å². The van der Waals surface area contributed by atoms with Gasteiger partial charge in [0.2, 0.25) is 5.30 Å². The predicted octanol–water partition coefficient (Wildman–Crippen LogP) is 2.76. The van der Waals surface area contributed by atoms with E-state index in [4.69, 9.17) is 9.47 Å². The second-order valence-electron chi connectivity index (χ2n) is 4.41. The summed E-state index contributed by atoms with van der Waals surface area (Å²) in [7, 11) is 1.68. The fourth-order valence-corrected chi connectivity index (χ4v) is 3.51. The van der Waals surface area contributed by atoms with Crippen molar-refractivity contribution in [2.75, 3.05) is 14.2 Å². The summed E-state index contributed by atoms with van der Waals surface area (Å²) in [6, 6.07) is 15.3. The molecule has 2 aromatic carbocycles. The van der Waals surface area contributed by atoms with Gasteiger partial charge in [0.05, 0.1) is 13.2 Å². The molecule has 20 heavy (non-hydrogen) atoms. The molecule has 0 fully saturated rings. The van der Waals surface area contributed by atoms with Gasteiger partial charge in [0.25, 0.3) is 0 Å². The second-order valence-corrected chi connectivity index (χ2v) is 6.00. The number of hydrogen-bond donors (Lipinski definition) is 0. The zero-order chi connectivity index (χ0) is 14.4. The van der Waals surface area contributed by atoms with Crippen LogP contribution in [0.3, 0.4) is 0 Å². The summed E-state index contributed by atoms with van der Waals surface area (Å²) in [5.74, 6) is 0. The van der Waals surface area contributed by atoms with Crippen LogP contribution < -0.4 is 10.6 Å². The topological polar surface area (TPSA) is 35.5 Å². The Bertz CT molecular complexity index is 582. The maximum Gasteiger partial charge on any atom is 0.415 e. The summed E-state index contributed by atoms with van der Waals surface area (Å²) < 4.78 is 23.2. The van der Waals surface area contributed by atoms with Gasteiger partial charge in [-0.15, -0.1) is 0 Å². The minimum absolute atomic E-state index is 0.433. The van der Waals surface area contributed by atoms with Crippen LogP contribution in [0.1, 0.15) is 11.1 Å². The van der Waals surface area contributed by atoms with Crippen molar-refractivity contribution >= 4 is 18.4 Å². The Balaban J connectivity index is 2.45. The number of hydrogen-bond acceptors (Lipinski definition) is 3. The van der Waals surface area contributed by atoms with Gasteiger partial charge in [-0.2, -0.15) is 0 Å². The number of methoxy groups -OCH3 is 2. The molecule has 0 aromatic heterocycles. The van der Waals surface area contributed by atoms with Gasteiger partial charge < -0.3 is 9.47 Å². The Morgan fingerprint density at radius 1 is 0.900 bits per heavy atom. The van der Waals surface area contributed by atoms with E-state index in [0.29, 0.717) is 13.2 Å². The third-order valence-electron chi connectivity index (χ3n) is 3.05. The first-order chi connectivity index (χ1) is 9.77.